The van der Waals surface area contributed by atoms with Crippen molar-refractivity contribution in [3.8, 4) is 56.4 Å². The van der Waals surface area contributed by atoms with Crippen LogP contribution in [0.2, 0.25) is 0 Å². The molecule has 4 nitrogen and oxygen atoms in total. The standard InChI is InChI=1S/C39H25N3O/c1-4-11-26(12-5-1)27-19-21-30(22-20-27)38-40-37(29-15-8-3-9-16-29)41-39(42-38)31-23-24-33-35(25-31)43-34-18-10-17-32(36(33)34)28-13-6-2-7-14-28/h1-25H/i10D,17D,18D,23D,24D,25D. The van der Waals surface area contributed by atoms with Gasteiger partial charge in [-0.3, -0.25) is 0 Å². The summed E-state index contributed by atoms with van der Waals surface area (Å²) in [6.07, 6.45) is 0. The van der Waals surface area contributed by atoms with Crippen molar-refractivity contribution in [1.82, 2.24) is 15.0 Å². The molecule has 0 radical (unpaired) electrons. The van der Waals surface area contributed by atoms with Crippen molar-refractivity contribution < 1.29 is 12.6 Å². The fourth-order valence-electron chi connectivity index (χ4n) is 5.16. The number of rotatable bonds is 5. The first-order valence-electron chi connectivity index (χ1n) is 16.8. The second kappa shape index (κ2) is 10.5. The maximum Gasteiger partial charge on any atom is 0.164 e. The second-order valence-corrected chi connectivity index (χ2v) is 9.99. The molecule has 43 heavy (non-hydrogen) atoms. The fourth-order valence-corrected chi connectivity index (χ4v) is 5.16. The molecule has 0 aliphatic rings. The summed E-state index contributed by atoms with van der Waals surface area (Å²) >= 11 is 0. The average Bonchev–Trinajstić information content (AvgIpc) is 3.55. The highest BCUT2D eigenvalue weighted by molar-refractivity contribution is 6.12. The summed E-state index contributed by atoms with van der Waals surface area (Å²) in [7, 11) is 0. The lowest BCUT2D eigenvalue weighted by atomic mass is 9.99. The lowest BCUT2D eigenvalue weighted by Crippen LogP contribution is -2.00. The molecule has 0 unspecified atom stereocenters. The molecule has 0 fully saturated rings. The number of aromatic nitrogens is 3. The van der Waals surface area contributed by atoms with Gasteiger partial charge in [-0.15, -0.1) is 0 Å². The van der Waals surface area contributed by atoms with Gasteiger partial charge in [-0.2, -0.15) is 0 Å². The van der Waals surface area contributed by atoms with E-state index in [-0.39, 0.29) is 69.6 Å². The molecule has 0 aliphatic heterocycles. The van der Waals surface area contributed by atoms with Gasteiger partial charge in [0.25, 0.3) is 0 Å². The van der Waals surface area contributed by atoms with Crippen LogP contribution < -0.4 is 0 Å². The first-order valence-corrected chi connectivity index (χ1v) is 13.8. The van der Waals surface area contributed by atoms with Crippen molar-refractivity contribution in [2.24, 2.45) is 0 Å². The topological polar surface area (TPSA) is 51.8 Å². The van der Waals surface area contributed by atoms with E-state index in [0.717, 1.165) is 11.1 Å². The van der Waals surface area contributed by atoms with Gasteiger partial charge in [0, 0.05) is 27.5 Å². The molecule has 202 valence electrons. The van der Waals surface area contributed by atoms with Crippen molar-refractivity contribution in [2.45, 2.75) is 0 Å². The Morgan fingerprint density at radius 1 is 0.442 bits per heavy atom. The lowest BCUT2D eigenvalue weighted by Gasteiger charge is -2.09. The zero-order valence-electron chi connectivity index (χ0n) is 28.7. The Morgan fingerprint density at radius 3 is 1.60 bits per heavy atom. The number of hydrogen-bond acceptors (Lipinski definition) is 4. The van der Waals surface area contributed by atoms with E-state index in [0.29, 0.717) is 33.9 Å². The second-order valence-electron chi connectivity index (χ2n) is 9.99. The molecule has 0 amide bonds. The predicted molar refractivity (Wildman–Crippen MR) is 174 cm³/mol. The molecule has 0 bridgehead atoms. The maximum absolute atomic E-state index is 9.32. The number of benzene rings is 6. The van der Waals surface area contributed by atoms with Gasteiger partial charge in [-0.05, 0) is 40.4 Å². The molecule has 2 aromatic heterocycles. The molecular formula is C39H25N3O. The number of hydrogen-bond donors (Lipinski definition) is 0. The van der Waals surface area contributed by atoms with E-state index in [2.05, 4.69) is 0 Å². The lowest BCUT2D eigenvalue weighted by molar-refractivity contribution is 0.669. The third kappa shape index (κ3) is 4.65. The van der Waals surface area contributed by atoms with Crippen LogP contribution in [0.4, 0.5) is 0 Å². The van der Waals surface area contributed by atoms with Crippen molar-refractivity contribution in [3.05, 3.63) is 152 Å². The summed E-state index contributed by atoms with van der Waals surface area (Å²) in [5.74, 6) is 0.690. The first-order chi connectivity index (χ1) is 23.8. The highest BCUT2D eigenvalue weighted by atomic mass is 16.3. The van der Waals surface area contributed by atoms with E-state index >= 15 is 0 Å². The Bertz CT molecular complexity index is 2540. The van der Waals surface area contributed by atoms with Crippen LogP contribution in [0.25, 0.3) is 78.4 Å². The van der Waals surface area contributed by atoms with Crippen LogP contribution in [0.1, 0.15) is 8.22 Å². The quantitative estimate of drug-likeness (QED) is 0.211. The van der Waals surface area contributed by atoms with Crippen LogP contribution in [0.3, 0.4) is 0 Å². The molecular weight excluding hydrogens is 526 g/mol. The van der Waals surface area contributed by atoms with Crippen LogP contribution in [-0.2, 0) is 0 Å². The van der Waals surface area contributed by atoms with Gasteiger partial charge in [0.1, 0.15) is 11.2 Å². The minimum absolute atomic E-state index is 0.0202. The van der Waals surface area contributed by atoms with E-state index < -0.39 is 0 Å². The van der Waals surface area contributed by atoms with Gasteiger partial charge in [0.05, 0.1) is 8.22 Å². The van der Waals surface area contributed by atoms with E-state index in [9.17, 15) is 4.11 Å². The molecule has 4 heteroatoms. The fraction of sp³-hybridized carbons (Fsp3) is 0. The van der Waals surface area contributed by atoms with Crippen molar-refractivity contribution in [1.29, 1.82) is 0 Å². The smallest absolute Gasteiger partial charge is 0.164 e. The van der Waals surface area contributed by atoms with Gasteiger partial charge >= 0.3 is 0 Å². The SMILES string of the molecule is [2H]c1c([2H])c(-c2ccccc2)c2c(oc3c([2H])c(-c4nc(-c5ccccc5)nc(-c5ccc(-c6ccccc6)cc5)n4)c([2H])c([2H])c32)c1[2H]. The maximum atomic E-state index is 9.32. The Kier molecular flexibility index (Phi) is 4.71. The van der Waals surface area contributed by atoms with Crippen molar-refractivity contribution in [3.63, 3.8) is 0 Å². The van der Waals surface area contributed by atoms with E-state index in [4.69, 9.17) is 23.5 Å². The zero-order chi connectivity index (χ0) is 33.8. The van der Waals surface area contributed by atoms with E-state index in [1.54, 1.807) is 24.3 Å². The molecule has 0 atom stereocenters. The molecule has 0 saturated carbocycles. The van der Waals surface area contributed by atoms with Crippen LogP contribution in [-0.4, -0.2) is 15.0 Å². The Hall–Kier alpha value is -5.87. The summed E-state index contributed by atoms with van der Waals surface area (Å²) in [5.41, 5.74) is 4.32. The third-order valence-corrected chi connectivity index (χ3v) is 7.28. The molecule has 2 heterocycles. The average molecular weight is 558 g/mol. The summed E-state index contributed by atoms with van der Waals surface area (Å²) in [4.78, 5) is 14.2. The van der Waals surface area contributed by atoms with Crippen LogP contribution in [0.5, 0.6) is 0 Å². The van der Waals surface area contributed by atoms with Gasteiger partial charge in [-0.1, -0.05) is 133 Å². The summed E-state index contributed by atoms with van der Waals surface area (Å²) < 4.78 is 59.8. The number of fused-ring (bicyclic) bond motifs is 3. The molecule has 0 N–H and O–H groups in total. The number of furan rings is 1. The molecule has 0 saturated heterocycles. The predicted octanol–water partition coefficient (Wildman–Crippen LogP) is 10.1. The minimum atomic E-state index is -0.331. The Morgan fingerprint density at radius 2 is 0.953 bits per heavy atom. The normalized spacial score (nSPS) is 13.2. The highest BCUT2D eigenvalue weighted by Crippen LogP contribution is 2.38. The van der Waals surface area contributed by atoms with Gasteiger partial charge in [0.2, 0.25) is 0 Å². The van der Waals surface area contributed by atoms with Crippen molar-refractivity contribution in [2.75, 3.05) is 0 Å². The third-order valence-electron chi connectivity index (χ3n) is 7.28. The Labute approximate surface area is 257 Å². The summed E-state index contributed by atoms with van der Waals surface area (Å²) in [6, 6.07) is 34.4. The van der Waals surface area contributed by atoms with Gasteiger partial charge in [0.15, 0.2) is 17.5 Å². The molecule has 8 aromatic rings. The molecule has 0 aliphatic carbocycles. The molecule has 6 aromatic carbocycles. The van der Waals surface area contributed by atoms with Gasteiger partial charge < -0.3 is 4.42 Å². The summed E-state index contributed by atoms with van der Waals surface area (Å²) in [5, 5.41) is 0.384. The highest BCUT2D eigenvalue weighted by Gasteiger charge is 2.16. The summed E-state index contributed by atoms with van der Waals surface area (Å²) in [6.45, 7) is 0. The van der Waals surface area contributed by atoms with Crippen LogP contribution >= 0.6 is 0 Å². The molecule has 8 rings (SSSR count). The first kappa shape index (κ1) is 19.3. The van der Waals surface area contributed by atoms with Crippen LogP contribution in [0, 0.1) is 0 Å². The zero-order valence-corrected chi connectivity index (χ0v) is 22.7. The van der Waals surface area contributed by atoms with E-state index in [1.165, 1.54) is 0 Å². The van der Waals surface area contributed by atoms with Crippen molar-refractivity contribution >= 4 is 21.9 Å². The largest absolute Gasteiger partial charge is 0.456 e. The Balaban J connectivity index is 1.38. The van der Waals surface area contributed by atoms with Gasteiger partial charge in [-0.25, -0.2) is 15.0 Å². The number of nitrogens with zero attached hydrogens (tertiary/aromatic N) is 3. The minimum Gasteiger partial charge on any atom is -0.456 e. The molecule has 0 spiro atoms. The van der Waals surface area contributed by atoms with E-state index in [1.807, 2.05) is 91.0 Å². The monoisotopic (exact) mass is 557 g/mol. The van der Waals surface area contributed by atoms with Crippen LogP contribution in [0.15, 0.2) is 156 Å².